The lowest BCUT2D eigenvalue weighted by Gasteiger charge is -2.33. The van der Waals surface area contributed by atoms with Gasteiger partial charge < -0.3 is 74.6 Å². The van der Waals surface area contributed by atoms with E-state index in [9.17, 15) is 63.3 Å². The molecule has 0 aromatic heterocycles. The lowest BCUT2D eigenvalue weighted by atomic mass is 9.95. The number of phenolic OH excluding ortho intramolecular Hbond substituents is 2. The zero-order valence-electron chi connectivity index (χ0n) is 49.6. The average Bonchev–Trinajstić information content (AvgIpc) is 4.25. The first-order chi connectivity index (χ1) is 40.3. The zero-order chi connectivity index (χ0) is 62.9. The number of hydrogen-bond donors (Lipinski definition) is 13. The number of carbonyl (C=O) groups excluding carboxylic acids is 9. The van der Waals surface area contributed by atoms with Crippen molar-refractivity contribution in [2.75, 3.05) is 13.1 Å². The number of aromatic hydroxyl groups is 2. The minimum Gasteiger partial charge on any atom is -0.508 e. The highest BCUT2D eigenvalue weighted by Crippen LogP contribution is 2.24. The van der Waals surface area contributed by atoms with Gasteiger partial charge in [-0.1, -0.05) is 109 Å². The first kappa shape index (κ1) is 69.4. The van der Waals surface area contributed by atoms with E-state index in [1.54, 1.807) is 44.2 Å². The van der Waals surface area contributed by atoms with Crippen LogP contribution >= 0.6 is 0 Å². The van der Waals surface area contributed by atoms with Crippen LogP contribution in [0.25, 0.3) is 0 Å². The molecule has 0 unspecified atom stereocenters. The van der Waals surface area contributed by atoms with Crippen LogP contribution in [0.15, 0.2) is 78.9 Å². The molecule has 24 heteroatoms. The molecular formula is C61H89N11O13. The fourth-order valence-corrected chi connectivity index (χ4v) is 9.82. The number of carboxylic acids is 1. The van der Waals surface area contributed by atoms with Gasteiger partial charge in [-0.25, -0.2) is 4.79 Å². The lowest BCUT2D eigenvalue weighted by Crippen LogP contribution is -2.61. The number of benzene rings is 3. The molecule has 0 bridgehead atoms. The van der Waals surface area contributed by atoms with Crippen LogP contribution in [0.3, 0.4) is 0 Å². The molecule has 4 rings (SSSR count). The normalized spacial score (nSPS) is 16.6. The number of unbranched alkanes of at least 4 members (excludes halogenated alkanes) is 1. The van der Waals surface area contributed by atoms with Gasteiger partial charge in [0.25, 0.3) is 0 Å². The van der Waals surface area contributed by atoms with Gasteiger partial charge in [-0.2, -0.15) is 0 Å². The molecule has 1 heterocycles. The second kappa shape index (κ2) is 34.6. The van der Waals surface area contributed by atoms with Crippen molar-refractivity contribution >= 4 is 59.1 Å². The van der Waals surface area contributed by atoms with Crippen molar-refractivity contribution in [2.45, 2.75) is 179 Å². The monoisotopic (exact) mass is 1180 g/mol. The number of primary amides is 1. The molecule has 0 radical (unpaired) electrons. The number of carboxylic acid groups (broad SMARTS) is 1. The van der Waals surface area contributed by atoms with E-state index in [-0.39, 0.29) is 81.9 Å². The number of carbonyl (C=O) groups is 10. The minimum atomic E-state index is -1.45. The van der Waals surface area contributed by atoms with Gasteiger partial charge in [-0.05, 0) is 110 Å². The molecule has 24 nitrogen and oxygen atoms in total. The number of nitrogens with one attached hydrogen (secondary N) is 7. The molecule has 0 saturated carbocycles. The van der Waals surface area contributed by atoms with Crippen LogP contribution in [-0.4, -0.2) is 147 Å². The van der Waals surface area contributed by atoms with E-state index in [2.05, 4.69) is 37.2 Å². The Labute approximate surface area is 497 Å². The Morgan fingerprint density at radius 2 is 1.02 bits per heavy atom. The van der Waals surface area contributed by atoms with Crippen molar-refractivity contribution in [3.63, 3.8) is 0 Å². The number of likely N-dealkylation sites (tertiary alicyclic amines) is 1. The number of aliphatic carboxylic acids is 1. The fraction of sp³-hybridized carbons (Fsp3) is 0.541. The van der Waals surface area contributed by atoms with Crippen molar-refractivity contribution in [1.82, 2.24) is 42.1 Å². The SMILES string of the molecule is CC[C@H](C)[C@H](NC(=O)[C@@H]1CCCN1C(=O)[C@@H](NC(=O)[C@H](CCCCN)NC(=O)[C@H](Cc1ccc(O)cc1)NC(=O)[C@H](Cc1ccccc1)NC(=O)[C@H](Cc1ccc(O)cc1)NC(=O)[C@@H](N)CCC(N)=O)[C@@H](C)CC)C(=O)N[C@@H](CC(C)C)C(=O)O. The molecule has 16 N–H and O–H groups in total. The molecule has 1 saturated heterocycles. The third-order valence-electron chi connectivity index (χ3n) is 15.3. The van der Waals surface area contributed by atoms with Crippen LogP contribution in [0.5, 0.6) is 11.5 Å². The van der Waals surface area contributed by atoms with E-state index in [4.69, 9.17) is 17.2 Å². The van der Waals surface area contributed by atoms with E-state index >= 15 is 0 Å². The summed E-state index contributed by atoms with van der Waals surface area (Å²) < 4.78 is 0. The first-order valence-corrected chi connectivity index (χ1v) is 29.3. The molecule has 1 aliphatic rings. The summed E-state index contributed by atoms with van der Waals surface area (Å²) in [5.74, 6) is -8.87. The van der Waals surface area contributed by atoms with Gasteiger partial charge in [0.1, 0.15) is 59.8 Å². The molecular weight excluding hydrogens is 1090 g/mol. The summed E-state index contributed by atoms with van der Waals surface area (Å²) in [6.07, 6.45) is 1.77. The lowest BCUT2D eigenvalue weighted by molar-refractivity contribution is -0.145. The van der Waals surface area contributed by atoms with Crippen LogP contribution in [-0.2, 0) is 67.2 Å². The molecule has 466 valence electrons. The Hall–Kier alpha value is -8.12. The van der Waals surface area contributed by atoms with Gasteiger partial charge in [0.2, 0.25) is 53.2 Å². The van der Waals surface area contributed by atoms with Crippen LogP contribution in [0.1, 0.15) is 122 Å². The van der Waals surface area contributed by atoms with Crippen LogP contribution in [0.4, 0.5) is 0 Å². The Morgan fingerprint density at radius 3 is 1.49 bits per heavy atom. The largest absolute Gasteiger partial charge is 0.508 e. The van der Waals surface area contributed by atoms with Crippen molar-refractivity contribution in [3.05, 3.63) is 95.6 Å². The van der Waals surface area contributed by atoms with E-state index in [1.807, 2.05) is 27.7 Å². The maximum Gasteiger partial charge on any atom is 0.326 e. The Morgan fingerprint density at radius 1 is 0.565 bits per heavy atom. The number of hydrogen-bond acceptors (Lipinski definition) is 14. The maximum atomic E-state index is 14.8. The third kappa shape index (κ3) is 22.4. The maximum absolute atomic E-state index is 14.8. The highest BCUT2D eigenvalue weighted by atomic mass is 16.4. The van der Waals surface area contributed by atoms with Crippen molar-refractivity contribution in [3.8, 4) is 11.5 Å². The van der Waals surface area contributed by atoms with Gasteiger partial charge in [0.15, 0.2) is 0 Å². The molecule has 0 spiro atoms. The predicted octanol–water partition coefficient (Wildman–Crippen LogP) is 1.46. The molecule has 3 aromatic carbocycles. The summed E-state index contributed by atoms with van der Waals surface area (Å²) in [6, 6.07) is 9.06. The first-order valence-electron chi connectivity index (χ1n) is 29.3. The van der Waals surface area contributed by atoms with Gasteiger partial charge in [0, 0.05) is 32.2 Å². The van der Waals surface area contributed by atoms with E-state index < -0.39 is 125 Å². The molecule has 11 atom stereocenters. The van der Waals surface area contributed by atoms with Gasteiger partial charge >= 0.3 is 5.97 Å². The van der Waals surface area contributed by atoms with Gasteiger partial charge in [-0.15, -0.1) is 0 Å². The number of phenols is 2. The Bertz CT molecular complexity index is 2710. The molecule has 0 aliphatic carbocycles. The standard InChI is InChI=1S/C61H89N11O13/c1-7-36(5)51(59(82)69-48(61(84)85)31-35(3)4)70-58(81)49-18-14-30-72(49)60(83)52(37(6)8-2)71-54(77)44(17-12-13-29-62)65-55(78)47(34-40-21-25-42(74)26-22-40)68-57(80)46(32-38-15-10-9-11-16-38)67-56(79)45(33-39-19-23-41(73)24-20-39)66-53(76)43(63)27-28-50(64)75/h9-11,15-16,19-26,35-37,43-49,51-52,73-74H,7-8,12-14,17-18,27-34,62-63H2,1-6H3,(H2,64,75)(H,65,78)(H,66,76)(H,67,79)(H,68,80)(H,69,82)(H,70,81)(H,71,77)(H,84,85)/t36-,37-,43-,44-,45-,46-,47-,48-,49-,51-,52-/m0/s1. The number of amides is 9. The molecule has 1 aliphatic heterocycles. The van der Waals surface area contributed by atoms with Crippen molar-refractivity contribution in [2.24, 2.45) is 35.0 Å². The molecule has 85 heavy (non-hydrogen) atoms. The molecule has 3 aromatic rings. The van der Waals surface area contributed by atoms with Crippen molar-refractivity contribution < 1.29 is 63.3 Å². The van der Waals surface area contributed by atoms with E-state index in [1.165, 1.54) is 53.4 Å². The van der Waals surface area contributed by atoms with E-state index in [0.29, 0.717) is 48.8 Å². The Balaban J connectivity index is 1.65. The fourth-order valence-electron chi connectivity index (χ4n) is 9.82. The summed E-state index contributed by atoms with van der Waals surface area (Å²) in [6.45, 7) is 11.2. The summed E-state index contributed by atoms with van der Waals surface area (Å²) in [5, 5.41) is 49.2. The third-order valence-corrected chi connectivity index (χ3v) is 15.3. The number of rotatable bonds is 35. The van der Waals surface area contributed by atoms with Gasteiger partial charge in [-0.3, -0.25) is 43.2 Å². The average molecular weight is 1180 g/mol. The second-order valence-electron chi connectivity index (χ2n) is 22.5. The summed E-state index contributed by atoms with van der Waals surface area (Å²) in [7, 11) is 0. The molecule has 1 fully saturated rings. The summed E-state index contributed by atoms with van der Waals surface area (Å²) in [4.78, 5) is 140. The second-order valence-corrected chi connectivity index (χ2v) is 22.5. The van der Waals surface area contributed by atoms with Gasteiger partial charge in [0.05, 0.1) is 6.04 Å². The summed E-state index contributed by atoms with van der Waals surface area (Å²) >= 11 is 0. The highest BCUT2D eigenvalue weighted by molar-refractivity contribution is 5.98. The Kier molecular flexibility index (Phi) is 28.2. The number of nitrogens with zero attached hydrogens (tertiary/aromatic N) is 1. The highest BCUT2D eigenvalue weighted by Gasteiger charge is 2.42. The minimum absolute atomic E-state index is 0.0385. The summed E-state index contributed by atoms with van der Waals surface area (Å²) in [5.41, 5.74) is 18.8. The smallest absolute Gasteiger partial charge is 0.326 e. The zero-order valence-corrected chi connectivity index (χ0v) is 49.6. The predicted molar refractivity (Wildman–Crippen MR) is 317 cm³/mol. The quantitative estimate of drug-likeness (QED) is 0.0371. The van der Waals surface area contributed by atoms with E-state index in [0.717, 1.165) is 0 Å². The van der Waals surface area contributed by atoms with Crippen molar-refractivity contribution in [1.29, 1.82) is 0 Å². The van der Waals surface area contributed by atoms with Crippen LogP contribution in [0.2, 0.25) is 0 Å². The van der Waals surface area contributed by atoms with Crippen LogP contribution < -0.4 is 54.4 Å². The van der Waals surface area contributed by atoms with Crippen LogP contribution in [0, 0.1) is 17.8 Å². The topological polar surface area (TPSA) is 397 Å². The number of nitrogens with two attached hydrogens (primary N) is 3. The molecule has 9 amide bonds.